The number of carboxylic acid groups (broad SMARTS) is 1. The molecule has 0 saturated carbocycles. The molecular formula is C37H70N14O9S. The summed E-state index contributed by atoms with van der Waals surface area (Å²) in [4.78, 5) is 112. The molecule has 0 saturated heterocycles. The van der Waals surface area contributed by atoms with Crippen molar-refractivity contribution in [2.75, 3.05) is 25.1 Å². The summed E-state index contributed by atoms with van der Waals surface area (Å²) in [6.07, 6.45) is 2.19. The molecule has 0 aromatic carbocycles. The van der Waals surface area contributed by atoms with Gasteiger partial charge in [0.15, 0.2) is 11.9 Å². The first kappa shape index (κ1) is 55.6. The molecule has 0 aromatic rings. The summed E-state index contributed by atoms with van der Waals surface area (Å²) in [5.41, 5.74) is 33.0. The third-order valence-electron chi connectivity index (χ3n) is 8.85. The molecule has 24 heteroatoms. The average molecular weight is 887 g/mol. The molecule has 0 fully saturated rings. The molecule has 61 heavy (non-hydrogen) atoms. The number of carbonyl (C=O) groups is 8. The minimum atomic E-state index is -1.42. The number of nitrogens with one attached hydrogen (secondary N) is 6. The number of carboxylic acids is 1. The second-order valence-electron chi connectivity index (χ2n) is 15.4. The fraction of sp³-hybridized carbons (Fsp3) is 0.730. The molecule has 0 radical (unpaired) electrons. The van der Waals surface area contributed by atoms with E-state index in [2.05, 4.69) is 41.9 Å². The molecule has 0 rings (SSSR count). The van der Waals surface area contributed by atoms with Gasteiger partial charge in [0.25, 0.3) is 0 Å². The number of hydrogen-bond acceptors (Lipinski definition) is 12. The highest BCUT2D eigenvalue weighted by molar-refractivity contribution is 7.98. The van der Waals surface area contributed by atoms with E-state index in [0.717, 1.165) is 0 Å². The van der Waals surface area contributed by atoms with Crippen LogP contribution in [-0.2, 0) is 38.4 Å². The van der Waals surface area contributed by atoms with Crippen LogP contribution >= 0.6 is 11.8 Å². The largest absolute Gasteiger partial charge is 0.480 e. The summed E-state index contributed by atoms with van der Waals surface area (Å²) < 4.78 is 0. The van der Waals surface area contributed by atoms with Gasteiger partial charge < -0.3 is 71.4 Å². The predicted octanol–water partition coefficient (Wildman–Crippen LogP) is -3.46. The Morgan fingerprint density at radius 3 is 1.38 bits per heavy atom. The Bertz CT molecular complexity index is 1520. The number of amides is 7. The van der Waals surface area contributed by atoms with Gasteiger partial charge in [-0.3, -0.25) is 43.5 Å². The van der Waals surface area contributed by atoms with E-state index in [-0.39, 0.29) is 81.8 Å². The molecule has 348 valence electrons. The van der Waals surface area contributed by atoms with Gasteiger partial charge in [-0.1, -0.05) is 27.7 Å². The van der Waals surface area contributed by atoms with E-state index in [1.165, 1.54) is 18.7 Å². The Kier molecular flexibility index (Phi) is 27.1. The summed E-state index contributed by atoms with van der Waals surface area (Å²) in [5.74, 6) is -6.64. The third kappa shape index (κ3) is 25.1. The van der Waals surface area contributed by atoms with Crippen molar-refractivity contribution in [2.24, 2.45) is 56.2 Å². The van der Waals surface area contributed by atoms with Crippen LogP contribution in [0.5, 0.6) is 0 Å². The summed E-state index contributed by atoms with van der Waals surface area (Å²) in [6.45, 7) is 8.98. The lowest BCUT2D eigenvalue weighted by molar-refractivity contribution is -0.142. The van der Waals surface area contributed by atoms with E-state index in [1.54, 1.807) is 20.1 Å². The molecule has 7 atom stereocenters. The van der Waals surface area contributed by atoms with Gasteiger partial charge in [-0.05, 0) is 82.1 Å². The Hall–Kier alpha value is -5.39. The molecule has 0 heterocycles. The predicted molar refractivity (Wildman–Crippen MR) is 233 cm³/mol. The standard InChI is InChI=1S/C37H70N14O9S/c1-19(2)17-22(38)30(54)47-23(9-7-14-44-36(40)41)31(55)46-21(5)29(53)51-27(18-20(3)4)34(58)48-24(10-8-15-45-37(42)43)32(56)49-25(11-12-28(39)52)33(57)50-26(35(59)60)13-16-61-6/h19-27H,7-18,38H2,1-6H3,(H2,39,52)(H,46,55)(H,47,54)(H,48,58)(H,49,56)(H,50,57)(H,51,53)(H,59,60)(H4,40,41,44)(H4,42,43,45)/t21-,22-,23-,24-,25-,26-,27-/m0/s1. The van der Waals surface area contributed by atoms with E-state index in [0.29, 0.717) is 18.6 Å². The Labute approximate surface area is 361 Å². The van der Waals surface area contributed by atoms with Crippen LogP contribution in [-0.4, -0.2) is 132 Å². The van der Waals surface area contributed by atoms with Crippen LogP contribution in [0.2, 0.25) is 0 Å². The number of aliphatic carboxylic acids is 1. The molecule has 0 spiro atoms. The van der Waals surface area contributed by atoms with Crippen molar-refractivity contribution < 1.29 is 43.5 Å². The third-order valence-corrected chi connectivity index (χ3v) is 9.49. The topological polar surface area (TPSA) is 410 Å². The number of hydrogen-bond donors (Lipinski definition) is 13. The van der Waals surface area contributed by atoms with Crippen LogP contribution in [0.25, 0.3) is 0 Å². The van der Waals surface area contributed by atoms with Gasteiger partial charge in [-0.2, -0.15) is 11.8 Å². The van der Waals surface area contributed by atoms with Gasteiger partial charge in [-0.15, -0.1) is 0 Å². The van der Waals surface area contributed by atoms with Crippen molar-refractivity contribution in [1.29, 1.82) is 0 Å². The second kappa shape index (κ2) is 29.8. The van der Waals surface area contributed by atoms with Crippen LogP contribution in [0.15, 0.2) is 9.98 Å². The maximum atomic E-state index is 13.9. The fourth-order valence-electron chi connectivity index (χ4n) is 5.68. The van der Waals surface area contributed by atoms with E-state index < -0.39 is 89.6 Å². The molecule has 0 aromatic heterocycles. The zero-order chi connectivity index (χ0) is 46.8. The van der Waals surface area contributed by atoms with Gasteiger partial charge in [0, 0.05) is 19.5 Å². The SMILES string of the molecule is CSCC[C@H](NC(=O)[C@H](CCC(N)=O)NC(=O)[C@H](CCCN=C(N)N)NC(=O)[C@H](CC(C)C)NC(=O)[C@H](C)NC(=O)[C@H](CCCN=C(N)N)NC(=O)[C@@H](N)CC(C)C)C(=O)O. The van der Waals surface area contributed by atoms with E-state index in [4.69, 9.17) is 34.4 Å². The summed E-state index contributed by atoms with van der Waals surface area (Å²) >= 11 is 1.37. The Morgan fingerprint density at radius 2 is 0.951 bits per heavy atom. The molecule has 0 aliphatic carbocycles. The highest BCUT2D eigenvalue weighted by Gasteiger charge is 2.33. The van der Waals surface area contributed by atoms with Gasteiger partial charge in [0.1, 0.15) is 36.3 Å². The first-order valence-electron chi connectivity index (χ1n) is 20.2. The second-order valence-corrected chi connectivity index (χ2v) is 16.4. The number of carbonyl (C=O) groups excluding carboxylic acids is 7. The van der Waals surface area contributed by atoms with Crippen LogP contribution in [0.1, 0.15) is 92.4 Å². The van der Waals surface area contributed by atoms with Gasteiger partial charge in [0.05, 0.1) is 6.04 Å². The molecule has 0 bridgehead atoms. The van der Waals surface area contributed by atoms with E-state index in [1.807, 2.05) is 13.8 Å². The first-order chi connectivity index (χ1) is 28.5. The Morgan fingerprint density at radius 1 is 0.541 bits per heavy atom. The zero-order valence-corrected chi connectivity index (χ0v) is 37.0. The number of aliphatic imine (C=N–C) groups is 2. The van der Waals surface area contributed by atoms with Crippen LogP contribution in [0.3, 0.4) is 0 Å². The van der Waals surface area contributed by atoms with Crippen molar-refractivity contribution in [3.63, 3.8) is 0 Å². The van der Waals surface area contributed by atoms with Crippen molar-refractivity contribution in [3.8, 4) is 0 Å². The van der Waals surface area contributed by atoms with Crippen LogP contribution in [0, 0.1) is 11.8 Å². The number of nitrogens with zero attached hydrogens (tertiary/aromatic N) is 2. The highest BCUT2D eigenvalue weighted by Crippen LogP contribution is 2.10. The number of thioether (sulfide) groups is 1. The number of nitrogens with two attached hydrogens (primary N) is 6. The lowest BCUT2D eigenvalue weighted by atomic mass is 10.0. The molecular weight excluding hydrogens is 817 g/mol. The summed E-state index contributed by atoms with van der Waals surface area (Å²) in [6, 6.07) is -8.50. The van der Waals surface area contributed by atoms with Gasteiger partial charge in [-0.25, -0.2) is 4.79 Å². The fourth-order valence-corrected chi connectivity index (χ4v) is 6.15. The summed E-state index contributed by atoms with van der Waals surface area (Å²) in [5, 5.41) is 25.0. The number of guanidine groups is 2. The normalized spacial score (nSPS) is 14.4. The Balaban J connectivity index is 6.32. The van der Waals surface area contributed by atoms with Crippen molar-refractivity contribution in [1.82, 2.24) is 31.9 Å². The van der Waals surface area contributed by atoms with Crippen molar-refractivity contribution in [3.05, 3.63) is 0 Å². The number of primary amides is 1. The van der Waals surface area contributed by atoms with E-state index in [9.17, 15) is 43.5 Å². The minimum Gasteiger partial charge on any atom is -0.480 e. The molecule has 19 N–H and O–H groups in total. The van der Waals surface area contributed by atoms with Crippen LogP contribution in [0.4, 0.5) is 0 Å². The lowest BCUT2D eigenvalue weighted by Gasteiger charge is -2.27. The highest BCUT2D eigenvalue weighted by atomic mass is 32.2. The monoisotopic (exact) mass is 887 g/mol. The smallest absolute Gasteiger partial charge is 0.326 e. The maximum absolute atomic E-state index is 13.9. The van der Waals surface area contributed by atoms with E-state index >= 15 is 0 Å². The minimum absolute atomic E-state index is 0.0596. The van der Waals surface area contributed by atoms with Crippen molar-refractivity contribution >= 4 is 71.0 Å². The average Bonchev–Trinajstić information content (AvgIpc) is 3.15. The molecule has 0 aliphatic rings. The maximum Gasteiger partial charge on any atom is 0.326 e. The zero-order valence-electron chi connectivity index (χ0n) is 36.2. The summed E-state index contributed by atoms with van der Waals surface area (Å²) in [7, 11) is 0. The number of rotatable bonds is 31. The van der Waals surface area contributed by atoms with Gasteiger partial charge >= 0.3 is 5.97 Å². The molecule has 0 unspecified atom stereocenters. The van der Waals surface area contributed by atoms with Crippen LogP contribution < -0.4 is 66.3 Å². The quantitative estimate of drug-likeness (QED) is 0.0183. The molecule has 7 amide bonds. The molecule has 23 nitrogen and oxygen atoms in total. The first-order valence-corrected chi connectivity index (χ1v) is 21.6. The van der Waals surface area contributed by atoms with Gasteiger partial charge in [0.2, 0.25) is 41.4 Å². The lowest BCUT2D eigenvalue weighted by Crippen LogP contribution is -2.59. The van der Waals surface area contributed by atoms with Crippen molar-refractivity contribution in [2.45, 2.75) is 135 Å². The molecule has 0 aliphatic heterocycles.